The summed E-state index contributed by atoms with van der Waals surface area (Å²) < 4.78 is 13.7. The van der Waals surface area contributed by atoms with Crippen molar-refractivity contribution >= 4 is 11.5 Å². The zero-order valence-electron chi connectivity index (χ0n) is 11.9. The Kier molecular flexibility index (Phi) is 4.49. The predicted molar refractivity (Wildman–Crippen MR) is 73.6 cm³/mol. The number of carbonyl (C=O) groups is 1. The normalized spacial score (nSPS) is 11.4. The molecule has 0 aliphatic rings. The van der Waals surface area contributed by atoms with Gasteiger partial charge in [-0.1, -0.05) is 6.92 Å². The molecule has 3 heteroatoms. The monoisotopic (exact) mass is 251 g/mol. The molecule has 0 saturated carbocycles. The van der Waals surface area contributed by atoms with Crippen molar-refractivity contribution in [2.45, 2.75) is 46.5 Å². The van der Waals surface area contributed by atoms with E-state index in [2.05, 4.69) is 5.32 Å². The van der Waals surface area contributed by atoms with Crippen LogP contribution in [0.25, 0.3) is 0 Å². The molecule has 0 aliphatic heterocycles. The van der Waals surface area contributed by atoms with Crippen LogP contribution in [-0.2, 0) is 10.2 Å². The minimum atomic E-state index is -0.648. The van der Waals surface area contributed by atoms with E-state index in [1.54, 1.807) is 0 Å². The largest absolute Gasteiger partial charge is 0.385 e. The fourth-order valence-corrected chi connectivity index (χ4v) is 2.29. The number of nitrogens with one attached hydrogen (secondary N) is 1. The molecule has 0 spiro atoms. The Balaban J connectivity index is 3.36. The third kappa shape index (κ3) is 2.71. The average Bonchev–Trinajstić information content (AvgIpc) is 2.32. The van der Waals surface area contributed by atoms with Crippen molar-refractivity contribution < 1.29 is 9.18 Å². The van der Waals surface area contributed by atoms with Crippen LogP contribution < -0.4 is 5.32 Å². The molecule has 1 aromatic rings. The van der Waals surface area contributed by atoms with Crippen LogP contribution in [-0.4, -0.2) is 12.3 Å². The highest BCUT2D eigenvalue weighted by Gasteiger charge is 2.30. The average molecular weight is 251 g/mol. The van der Waals surface area contributed by atoms with Gasteiger partial charge in [-0.15, -0.1) is 0 Å². The van der Waals surface area contributed by atoms with Crippen LogP contribution in [0.15, 0.2) is 12.1 Å². The molecule has 0 fully saturated rings. The topological polar surface area (TPSA) is 29.1 Å². The number of rotatable bonds is 5. The second-order valence-corrected chi connectivity index (χ2v) is 5.06. The molecule has 2 nitrogen and oxygen atoms in total. The van der Waals surface area contributed by atoms with E-state index in [1.807, 2.05) is 34.6 Å². The van der Waals surface area contributed by atoms with Gasteiger partial charge >= 0.3 is 0 Å². The van der Waals surface area contributed by atoms with E-state index in [4.69, 9.17) is 0 Å². The minimum Gasteiger partial charge on any atom is -0.385 e. The Morgan fingerprint density at radius 1 is 1.33 bits per heavy atom. The molecule has 0 aromatic heterocycles. The number of halogens is 1. The Labute approximate surface area is 109 Å². The molecule has 1 N–H and O–H groups in total. The second kappa shape index (κ2) is 5.51. The fourth-order valence-electron chi connectivity index (χ4n) is 2.29. The van der Waals surface area contributed by atoms with E-state index in [1.165, 1.54) is 12.1 Å². The van der Waals surface area contributed by atoms with E-state index in [0.717, 1.165) is 23.4 Å². The molecular weight excluding hydrogens is 229 g/mol. The summed E-state index contributed by atoms with van der Waals surface area (Å²) in [5, 5.41) is 3.13. The van der Waals surface area contributed by atoms with Gasteiger partial charge in [-0.3, -0.25) is 4.79 Å². The number of hydrogen-bond acceptors (Lipinski definition) is 2. The molecule has 1 aromatic carbocycles. The number of ketones is 1. The van der Waals surface area contributed by atoms with Gasteiger partial charge in [-0.2, -0.15) is 0 Å². The molecule has 0 atom stereocenters. The van der Waals surface area contributed by atoms with Crippen molar-refractivity contribution in [2.75, 3.05) is 11.9 Å². The number of Topliss-reactive ketones (excluding diaryl/α,β-unsaturated/α-hetero) is 1. The van der Waals surface area contributed by atoms with Crippen molar-refractivity contribution in [1.29, 1.82) is 0 Å². The maximum Gasteiger partial charge on any atom is 0.142 e. The van der Waals surface area contributed by atoms with E-state index < -0.39 is 5.41 Å². The summed E-state index contributed by atoms with van der Waals surface area (Å²) in [6.07, 6.45) is 0.458. The van der Waals surface area contributed by atoms with Crippen molar-refractivity contribution in [3.8, 4) is 0 Å². The van der Waals surface area contributed by atoms with Crippen molar-refractivity contribution in [2.24, 2.45) is 0 Å². The van der Waals surface area contributed by atoms with Gasteiger partial charge in [0.25, 0.3) is 0 Å². The van der Waals surface area contributed by atoms with Crippen molar-refractivity contribution in [3.05, 3.63) is 29.1 Å². The molecule has 0 unspecified atom stereocenters. The maximum atomic E-state index is 13.7. The number of hydrogen-bond donors (Lipinski definition) is 1. The summed E-state index contributed by atoms with van der Waals surface area (Å²) in [7, 11) is 0. The molecule has 0 radical (unpaired) electrons. The Morgan fingerprint density at radius 2 is 1.94 bits per heavy atom. The molecule has 0 heterocycles. The predicted octanol–water partition coefficient (Wildman–Crippen LogP) is 3.82. The highest BCUT2D eigenvalue weighted by Crippen LogP contribution is 2.32. The van der Waals surface area contributed by atoms with Crippen LogP contribution in [0.3, 0.4) is 0 Å². The van der Waals surface area contributed by atoms with Crippen LogP contribution in [0.4, 0.5) is 10.1 Å². The summed E-state index contributed by atoms with van der Waals surface area (Å²) in [4.78, 5) is 12.0. The lowest BCUT2D eigenvalue weighted by Crippen LogP contribution is -2.29. The first-order chi connectivity index (χ1) is 8.34. The van der Waals surface area contributed by atoms with Gasteiger partial charge in [0.2, 0.25) is 0 Å². The van der Waals surface area contributed by atoms with Crippen LogP contribution in [0, 0.1) is 12.7 Å². The zero-order valence-corrected chi connectivity index (χ0v) is 11.9. The summed E-state index contributed by atoms with van der Waals surface area (Å²) in [6, 6.07) is 2.96. The maximum absolute atomic E-state index is 13.7. The number of carbonyl (C=O) groups excluding carboxylic acids is 1. The summed E-state index contributed by atoms with van der Waals surface area (Å²) in [6.45, 7) is 10.2. The Morgan fingerprint density at radius 3 is 2.44 bits per heavy atom. The van der Waals surface area contributed by atoms with Gasteiger partial charge in [0.1, 0.15) is 11.6 Å². The Hall–Kier alpha value is -1.38. The minimum absolute atomic E-state index is 0.124. The highest BCUT2D eigenvalue weighted by atomic mass is 19.1. The molecule has 0 amide bonds. The SMILES string of the molecule is CCNc1cc(F)cc(C(C)(C)C(=O)CC)c1C. The lowest BCUT2D eigenvalue weighted by Gasteiger charge is -2.26. The first kappa shape index (κ1) is 14.7. The number of benzene rings is 1. The molecule has 0 bridgehead atoms. The molecular formula is C15H22FNO. The first-order valence-electron chi connectivity index (χ1n) is 6.42. The molecule has 0 saturated heterocycles. The van der Waals surface area contributed by atoms with Crippen LogP contribution in [0.5, 0.6) is 0 Å². The number of anilines is 1. The van der Waals surface area contributed by atoms with Crippen LogP contribution >= 0.6 is 0 Å². The lowest BCUT2D eigenvalue weighted by molar-refractivity contribution is -0.123. The smallest absolute Gasteiger partial charge is 0.142 e. The quantitative estimate of drug-likeness (QED) is 0.862. The van der Waals surface area contributed by atoms with Gasteiger partial charge in [0.05, 0.1) is 0 Å². The fraction of sp³-hybridized carbons (Fsp3) is 0.533. The van der Waals surface area contributed by atoms with Gasteiger partial charge < -0.3 is 5.32 Å². The van der Waals surface area contributed by atoms with E-state index in [9.17, 15) is 9.18 Å². The molecule has 18 heavy (non-hydrogen) atoms. The molecule has 0 aliphatic carbocycles. The first-order valence-corrected chi connectivity index (χ1v) is 6.42. The van der Waals surface area contributed by atoms with E-state index in [-0.39, 0.29) is 11.6 Å². The second-order valence-electron chi connectivity index (χ2n) is 5.06. The molecule has 100 valence electrons. The van der Waals surface area contributed by atoms with E-state index in [0.29, 0.717) is 6.42 Å². The standard InChI is InChI=1S/C15H22FNO/c1-6-14(18)15(4,5)12-8-11(16)9-13(10(12)3)17-7-2/h8-9,17H,6-7H2,1-5H3. The summed E-state index contributed by atoms with van der Waals surface area (Å²) in [5.41, 5.74) is 1.84. The summed E-state index contributed by atoms with van der Waals surface area (Å²) in [5.74, 6) is -0.179. The van der Waals surface area contributed by atoms with Crippen molar-refractivity contribution in [3.63, 3.8) is 0 Å². The van der Waals surface area contributed by atoms with Crippen LogP contribution in [0.2, 0.25) is 0 Å². The lowest BCUT2D eigenvalue weighted by atomic mass is 9.77. The Bertz CT molecular complexity index is 452. The third-order valence-corrected chi connectivity index (χ3v) is 3.43. The van der Waals surface area contributed by atoms with Gasteiger partial charge in [0.15, 0.2) is 0 Å². The van der Waals surface area contributed by atoms with Crippen LogP contribution in [0.1, 0.15) is 45.2 Å². The third-order valence-electron chi connectivity index (χ3n) is 3.43. The van der Waals surface area contributed by atoms with Gasteiger partial charge in [-0.05, 0) is 51.0 Å². The van der Waals surface area contributed by atoms with E-state index >= 15 is 0 Å². The van der Waals surface area contributed by atoms with Gasteiger partial charge in [0, 0.05) is 24.1 Å². The van der Waals surface area contributed by atoms with Crippen molar-refractivity contribution in [1.82, 2.24) is 0 Å². The zero-order chi connectivity index (χ0) is 13.9. The van der Waals surface area contributed by atoms with Gasteiger partial charge in [-0.25, -0.2) is 4.39 Å². The molecule has 1 rings (SSSR count). The summed E-state index contributed by atoms with van der Waals surface area (Å²) >= 11 is 0. The highest BCUT2D eigenvalue weighted by molar-refractivity contribution is 5.89.